The highest BCUT2D eigenvalue weighted by Crippen LogP contribution is 2.03. The molecular formula is C25H40N10. The molecule has 0 saturated heterocycles. The van der Waals surface area contributed by atoms with Crippen LogP contribution in [0.15, 0.2) is 47.4 Å². The normalized spacial score (nSPS) is 8.63. The van der Waals surface area contributed by atoms with Crippen molar-refractivity contribution in [3.8, 4) is 12.4 Å². The molecule has 35 heavy (non-hydrogen) atoms. The molecule has 0 unspecified atom stereocenters. The van der Waals surface area contributed by atoms with E-state index in [9.17, 15) is 0 Å². The quantitative estimate of drug-likeness (QED) is 0.201. The highest BCUT2D eigenvalue weighted by molar-refractivity contribution is 5.46. The molecule has 0 bridgehead atoms. The lowest BCUT2D eigenvalue weighted by Crippen LogP contribution is -2.23. The SMILES string of the molecule is CCCCCCCn1cc[n+](C)c1.CCCCCCn1cc[n+](C)c1.N#CN=C=[N-].N#CN=C=[N-]. The average molecular weight is 481 g/mol. The summed E-state index contributed by atoms with van der Waals surface area (Å²) in [5, 5.41) is 29.7. The summed E-state index contributed by atoms with van der Waals surface area (Å²) < 4.78 is 8.67. The molecule has 0 aliphatic rings. The molecule has 0 amide bonds. The van der Waals surface area contributed by atoms with Crippen LogP contribution in [-0.2, 0) is 27.2 Å². The summed E-state index contributed by atoms with van der Waals surface area (Å²) in [7, 11) is 4.12. The number of unbranched alkanes of at least 4 members (excludes halogenated alkanes) is 7. The van der Waals surface area contributed by atoms with E-state index >= 15 is 0 Å². The minimum Gasteiger partial charge on any atom is -0.422 e. The van der Waals surface area contributed by atoms with Gasteiger partial charge in [0.1, 0.15) is 24.8 Å². The standard InChI is InChI=1S/C11H21N2.C10H19N2.2C2N3/c1-3-4-5-6-7-8-13-10-9-12(2)11-13;1-3-4-5-6-7-12-9-8-11(2)10-12;2*3-1-5-2-4/h9-11H,3-8H2,1-2H3;8-10H,3-7H2,1-2H3;;/q2*+1;2*-1. The highest BCUT2D eigenvalue weighted by Gasteiger charge is 1.99. The second-order valence-corrected chi connectivity index (χ2v) is 7.73. The Hall–Kier alpha value is -3.84. The van der Waals surface area contributed by atoms with Gasteiger partial charge in [-0.05, 0) is 25.7 Å². The number of hydrogen-bond donors (Lipinski definition) is 0. The van der Waals surface area contributed by atoms with Crippen LogP contribution in [0.4, 0.5) is 0 Å². The van der Waals surface area contributed by atoms with E-state index < -0.39 is 0 Å². The highest BCUT2D eigenvalue weighted by atomic mass is 15.1. The second-order valence-electron chi connectivity index (χ2n) is 7.73. The second kappa shape index (κ2) is 26.4. The number of nitriles is 2. The van der Waals surface area contributed by atoms with Crippen LogP contribution in [0.1, 0.15) is 71.6 Å². The maximum atomic E-state index is 7.43. The third kappa shape index (κ3) is 24.6. The van der Waals surface area contributed by atoms with E-state index in [1.54, 1.807) is 0 Å². The summed E-state index contributed by atoms with van der Waals surface area (Å²) in [6.07, 6.45) is 27.4. The molecule has 2 heterocycles. The fourth-order valence-electron chi connectivity index (χ4n) is 2.93. The van der Waals surface area contributed by atoms with E-state index in [-0.39, 0.29) is 0 Å². The number of imidazole rings is 2. The maximum Gasteiger partial charge on any atom is 0.243 e. The van der Waals surface area contributed by atoms with Gasteiger partial charge in [-0.1, -0.05) is 46.0 Å². The lowest BCUT2D eigenvalue weighted by Gasteiger charge is -1.97. The molecule has 0 fully saturated rings. The van der Waals surface area contributed by atoms with Gasteiger partial charge in [0.15, 0.2) is 0 Å². The molecule has 10 heteroatoms. The lowest BCUT2D eigenvalue weighted by atomic mass is 10.1. The van der Waals surface area contributed by atoms with E-state index in [1.165, 1.54) is 95.3 Å². The topological polar surface area (TPSA) is 135 Å². The predicted octanol–water partition coefficient (Wildman–Crippen LogP) is 4.60. The molecule has 0 spiro atoms. The molecule has 0 aromatic carbocycles. The van der Waals surface area contributed by atoms with Crippen LogP contribution < -0.4 is 9.13 Å². The molecule has 0 N–H and O–H groups in total. The summed E-state index contributed by atoms with van der Waals surface area (Å²) in [6, 6.07) is 2.56. The lowest BCUT2D eigenvalue weighted by molar-refractivity contribution is -0.671. The number of rotatable bonds is 11. The summed E-state index contributed by atoms with van der Waals surface area (Å²) in [6.45, 7) is 6.84. The smallest absolute Gasteiger partial charge is 0.243 e. The first-order valence-electron chi connectivity index (χ1n) is 12.0. The zero-order valence-corrected chi connectivity index (χ0v) is 21.7. The van der Waals surface area contributed by atoms with Gasteiger partial charge in [-0.25, -0.2) is 18.3 Å². The van der Waals surface area contributed by atoms with Crippen LogP contribution in [0, 0.1) is 22.9 Å². The number of aliphatic imine (C=N–C) groups is 2. The van der Waals surface area contributed by atoms with Gasteiger partial charge < -0.3 is 20.8 Å². The fraction of sp³-hybridized carbons (Fsp3) is 0.600. The largest absolute Gasteiger partial charge is 0.422 e. The monoisotopic (exact) mass is 480 g/mol. The summed E-state index contributed by atoms with van der Waals surface area (Å²) in [4.78, 5) is 5.17. The molecule has 0 aliphatic heterocycles. The molecule has 2 aromatic heterocycles. The van der Waals surface area contributed by atoms with Gasteiger partial charge in [-0.3, -0.25) is 0 Å². The van der Waals surface area contributed by atoms with Crippen LogP contribution in [0.25, 0.3) is 10.8 Å². The van der Waals surface area contributed by atoms with E-state index in [4.69, 9.17) is 21.3 Å². The van der Waals surface area contributed by atoms with Crippen molar-refractivity contribution in [3.05, 3.63) is 48.3 Å². The van der Waals surface area contributed by atoms with Gasteiger partial charge in [0.2, 0.25) is 12.7 Å². The van der Waals surface area contributed by atoms with Crippen molar-refractivity contribution in [1.82, 2.24) is 9.13 Å². The Morgan fingerprint density at radius 1 is 0.686 bits per heavy atom. The third-order valence-electron chi connectivity index (χ3n) is 4.64. The molecule has 2 aromatic rings. The summed E-state index contributed by atoms with van der Waals surface area (Å²) in [5.41, 5.74) is 0. The van der Waals surface area contributed by atoms with Crippen LogP contribution >= 0.6 is 0 Å². The molecule has 10 nitrogen and oxygen atoms in total. The first kappa shape index (κ1) is 33.3. The Labute approximate surface area is 210 Å². The van der Waals surface area contributed by atoms with E-state index in [1.807, 2.05) is 0 Å². The van der Waals surface area contributed by atoms with Gasteiger partial charge in [0.05, 0.1) is 39.6 Å². The van der Waals surface area contributed by atoms with Crippen molar-refractivity contribution in [2.24, 2.45) is 24.1 Å². The molecule has 190 valence electrons. The minimum absolute atomic E-state index is 1.17. The molecular weight excluding hydrogens is 440 g/mol. The Morgan fingerprint density at radius 2 is 1.06 bits per heavy atom. The summed E-state index contributed by atoms with van der Waals surface area (Å²) >= 11 is 0. The first-order valence-corrected chi connectivity index (χ1v) is 12.0. The van der Waals surface area contributed by atoms with Gasteiger partial charge >= 0.3 is 0 Å². The van der Waals surface area contributed by atoms with Crippen molar-refractivity contribution in [2.75, 3.05) is 0 Å². The summed E-state index contributed by atoms with van der Waals surface area (Å²) in [5.74, 6) is 0. The number of aryl methyl sites for hydroxylation is 4. The van der Waals surface area contributed by atoms with Crippen LogP contribution in [-0.4, -0.2) is 21.2 Å². The van der Waals surface area contributed by atoms with Crippen molar-refractivity contribution in [1.29, 1.82) is 10.5 Å². The Morgan fingerprint density at radius 3 is 1.31 bits per heavy atom. The number of hydrogen-bond acceptors (Lipinski definition) is 4. The Bertz CT molecular complexity index is 904. The first-order chi connectivity index (χ1) is 17.0. The van der Waals surface area contributed by atoms with Crippen LogP contribution in [0.3, 0.4) is 0 Å². The Kier molecular flexibility index (Phi) is 25.2. The van der Waals surface area contributed by atoms with E-state index in [0.717, 1.165) is 0 Å². The van der Waals surface area contributed by atoms with E-state index in [0.29, 0.717) is 0 Å². The Balaban J connectivity index is 0. The molecule has 0 atom stereocenters. The zero-order valence-electron chi connectivity index (χ0n) is 21.7. The zero-order chi connectivity index (χ0) is 26.6. The molecule has 0 aliphatic carbocycles. The molecule has 0 radical (unpaired) electrons. The van der Waals surface area contributed by atoms with Crippen molar-refractivity contribution >= 4 is 12.0 Å². The van der Waals surface area contributed by atoms with Crippen molar-refractivity contribution in [3.63, 3.8) is 0 Å². The molecule has 0 saturated carbocycles. The van der Waals surface area contributed by atoms with Gasteiger partial charge in [0.25, 0.3) is 0 Å². The molecule has 2 rings (SSSR count). The van der Waals surface area contributed by atoms with Gasteiger partial charge in [-0.2, -0.15) is 10.5 Å². The van der Waals surface area contributed by atoms with E-state index in [2.05, 4.69) is 93.6 Å². The van der Waals surface area contributed by atoms with Gasteiger partial charge in [-0.15, -0.1) is 12.0 Å². The minimum atomic E-state index is 1.17. The fourth-order valence-corrected chi connectivity index (χ4v) is 2.93. The third-order valence-corrected chi connectivity index (χ3v) is 4.64. The maximum absolute atomic E-state index is 7.43. The number of aromatic nitrogens is 4. The van der Waals surface area contributed by atoms with Gasteiger partial charge in [0, 0.05) is 0 Å². The van der Waals surface area contributed by atoms with Crippen molar-refractivity contribution < 1.29 is 9.13 Å². The van der Waals surface area contributed by atoms with Crippen LogP contribution in [0.5, 0.6) is 0 Å². The average Bonchev–Trinajstić information content (AvgIpc) is 3.46. The number of nitrogens with zero attached hydrogens (tertiary/aromatic N) is 10. The van der Waals surface area contributed by atoms with Crippen LogP contribution in [0.2, 0.25) is 0 Å². The predicted molar refractivity (Wildman–Crippen MR) is 137 cm³/mol. The van der Waals surface area contributed by atoms with Crippen molar-refractivity contribution in [2.45, 2.75) is 84.7 Å².